The van der Waals surface area contributed by atoms with E-state index in [0.29, 0.717) is 0 Å². The molecule has 0 aliphatic heterocycles. The Hall–Kier alpha value is -1.51. The number of hydrogen-bond donors (Lipinski definition) is 4. The minimum atomic E-state index is -0.505. The number of nitrogens with one attached hydrogen (secondary N) is 2. The highest BCUT2D eigenvalue weighted by atomic mass is 16.5. The Morgan fingerprint density at radius 2 is 1.38 bits per heavy atom. The molecular weight excluding hydrogens is 180 g/mol. The van der Waals surface area contributed by atoms with Gasteiger partial charge in [0.15, 0.2) is 0 Å². The SMILES string of the molecule is C=O.NNC(=O)COCC(=O)NN. The van der Waals surface area contributed by atoms with Gasteiger partial charge in [0.2, 0.25) is 0 Å². The monoisotopic (exact) mass is 192 g/mol. The van der Waals surface area contributed by atoms with Crippen LogP contribution in [-0.2, 0) is 19.1 Å². The Kier molecular flexibility index (Phi) is 11.3. The molecule has 8 nitrogen and oxygen atoms in total. The molecule has 0 aromatic heterocycles. The van der Waals surface area contributed by atoms with Crippen molar-refractivity contribution in [1.82, 2.24) is 10.9 Å². The molecule has 0 aliphatic carbocycles. The largest absolute Gasteiger partial charge is 0.362 e. The number of ether oxygens (including phenoxy) is 1. The molecule has 0 saturated carbocycles. The highest BCUT2D eigenvalue weighted by molar-refractivity contribution is 5.78. The summed E-state index contributed by atoms with van der Waals surface area (Å²) in [7, 11) is 0. The van der Waals surface area contributed by atoms with Gasteiger partial charge in [-0.15, -0.1) is 0 Å². The van der Waals surface area contributed by atoms with Crippen LogP contribution in [0.4, 0.5) is 0 Å². The smallest absolute Gasteiger partial charge is 0.259 e. The molecule has 0 aromatic carbocycles. The third-order valence-electron chi connectivity index (χ3n) is 0.788. The van der Waals surface area contributed by atoms with Crippen molar-refractivity contribution in [1.29, 1.82) is 0 Å². The Morgan fingerprint density at radius 1 is 1.08 bits per heavy atom. The molecule has 0 radical (unpaired) electrons. The molecule has 6 N–H and O–H groups in total. The predicted molar refractivity (Wildman–Crippen MR) is 42.6 cm³/mol. The molecule has 0 unspecified atom stereocenters. The van der Waals surface area contributed by atoms with E-state index in [2.05, 4.69) is 4.74 Å². The molecule has 0 heterocycles. The molecule has 0 saturated heterocycles. The highest BCUT2D eigenvalue weighted by Gasteiger charge is 2.00. The highest BCUT2D eigenvalue weighted by Crippen LogP contribution is 1.72. The fourth-order valence-corrected chi connectivity index (χ4v) is 0.320. The van der Waals surface area contributed by atoms with Crippen LogP contribution < -0.4 is 22.5 Å². The topological polar surface area (TPSA) is 137 Å². The van der Waals surface area contributed by atoms with Crippen molar-refractivity contribution in [2.45, 2.75) is 0 Å². The lowest BCUT2D eigenvalue weighted by Gasteiger charge is -2.00. The van der Waals surface area contributed by atoms with E-state index in [4.69, 9.17) is 16.5 Å². The van der Waals surface area contributed by atoms with Gasteiger partial charge >= 0.3 is 0 Å². The van der Waals surface area contributed by atoms with Crippen molar-refractivity contribution in [3.05, 3.63) is 0 Å². The van der Waals surface area contributed by atoms with Crippen LogP contribution in [0.1, 0.15) is 0 Å². The second-order valence-corrected chi connectivity index (χ2v) is 1.63. The van der Waals surface area contributed by atoms with Crippen molar-refractivity contribution in [2.75, 3.05) is 13.2 Å². The zero-order valence-corrected chi connectivity index (χ0v) is 6.91. The Morgan fingerprint density at radius 3 is 1.62 bits per heavy atom. The summed E-state index contributed by atoms with van der Waals surface area (Å²) in [4.78, 5) is 28.7. The van der Waals surface area contributed by atoms with Gasteiger partial charge in [-0.05, 0) is 0 Å². The van der Waals surface area contributed by atoms with E-state index in [1.54, 1.807) is 0 Å². The maximum atomic E-state index is 10.4. The van der Waals surface area contributed by atoms with Gasteiger partial charge in [-0.2, -0.15) is 0 Å². The summed E-state index contributed by atoms with van der Waals surface area (Å²) in [5, 5.41) is 0. The molecule has 13 heavy (non-hydrogen) atoms. The molecule has 0 atom stereocenters. The van der Waals surface area contributed by atoms with E-state index < -0.39 is 11.8 Å². The number of hydrogen-bond acceptors (Lipinski definition) is 6. The number of nitrogens with two attached hydrogens (primary N) is 2. The second kappa shape index (κ2) is 10.5. The summed E-state index contributed by atoms with van der Waals surface area (Å²) in [6, 6.07) is 0. The zero-order chi connectivity index (χ0) is 10.7. The van der Waals surface area contributed by atoms with Gasteiger partial charge in [0, 0.05) is 0 Å². The van der Waals surface area contributed by atoms with E-state index in [1.165, 1.54) is 0 Å². The van der Waals surface area contributed by atoms with Crippen molar-refractivity contribution in [2.24, 2.45) is 11.7 Å². The molecule has 2 amide bonds. The molecule has 0 fully saturated rings. The minimum absolute atomic E-state index is 0.260. The summed E-state index contributed by atoms with van der Waals surface area (Å²) in [5.41, 5.74) is 3.66. The van der Waals surface area contributed by atoms with Crippen LogP contribution in [0, 0.1) is 0 Å². The van der Waals surface area contributed by atoms with Gasteiger partial charge in [0.1, 0.15) is 20.0 Å². The van der Waals surface area contributed by atoms with Crippen molar-refractivity contribution < 1.29 is 19.1 Å². The summed E-state index contributed by atoms with van der Waals surface area (Å²) in [6.07, 6.45) is 0. The fourth-order valence-electron chi connectivity index (χ4n) is 0.320. The average molecular weight is 192 g/mol. The van der Waals surface area contributed by atoms with Crippen LogP contribution in [0.2, 0.25) is 0 Å². The van der Waals surface area contributed by atoms with E-state index >= 15 is 0 Å². The Labute approximate surface area is 74.5 Å². The first kappa shape index (κ1) is 14.0. The van der Waals surface area contributed by atoms with Crippen molar-refractivity contribution in [3.63, 3.8) is 0 Å². The molecule has 0 aromatic rings. The van der Waals surface area contributed by atoms with Gasteiger partial charge in [0.25, 0.3) is 11.8 Å². The van der Waals surface area contributed by atoms with Crippen LogP contribution in [0.3, 0.4) is 0 Å². The molecule has 0 spiro atoms. The second-order valence-electron chi connectivity index (χ2n) is 1.63. The molecule has 0 bridgehead atoms. The average Bonchev–Trinajstić information content (AvgIpc) is 2.20. The maximum absolute atomic E-state index is 10.4. The third kappa shape index (κ3) is 10.5. The normalized spacial score (nSPS) is 7.85. The number of amides is 2. The summed E-state index contributed by atoms with van der Waals surface area (Å²) >= 11 is 0. The summed E-state index contributed by atoms with van der Waals surface area (Å²) in [5.74, 6) is 8.42. The van der Waals surface area contributed by atoms with Gasteiger partial charge in [-0.3, -0.25) is 20.4 Å². The summed E-state index contributed by atoms with van der Waals surface area (Å²) in [6.45, 7) is 1.48. The molecule has 8 heteroatoms. The van der Waals surface area contributed by atoms with Crippen LogP contribution in [-0.4, -0.2) is 31.8 Å². The molecule has 0 aliphatic rings. The van der Waals surface area contributed by atoms with E-state index in [0.717, 1.165) is 0 Å². The first-order valence-electron chi connectivity index (χ1n) is 3.06. The fraction of sp³-hybridized carbons (Fsp3) is 0.400. The third-order valence-corrected chi connectivity index (χ3v) is 0.788. The number of carbonyl (C=O) groups is 3. The quantitative estimate of drug-likeness (QED) is 0.210. The number of hydrazine groups is 2. The lowest BCUT2D eigenvalue weighted by Crippen LogP contribution is -2.37. The van der Waals surface area contributed by atoms with Crippen molar-refractivity contribution >= 4 is 18.6 Å². The maximum Gasteiger partial charge on any atom is 0.259 e. The van der Waals surface area contributed by atoms with E-state index in [1.807, 2.05) is 17.6 Å². The molecule has 76 valence electrons. The van der Waals surface area contributed by atoms with Gasteiger partial charge < -0.3 is 9.53 Å². The van der Waals surface area contributed by atoms with Crippen LogP contribution in [0.15, 0.2) is 0 Å². The van der Waals surface area contributed by atoms with E-state index in [9.17, 15) is 9.59 Å². The standard InChI is InChI=1S/C4H10N4O3.CH2O/c5-7-3(9)1-11-2-4(10)8-6;1-2/h1-2,5-6H2,(H,7,9)(H,8,10);1H2. The van der Waals surface area contributed by atoms with Crippen LogP contribution in [0.5, 0.6) is 0 Å². The summed E-state index contributed by atoms with van der Waals surface area (Å²) < 4.78 is 4.55. The minimum Gasteiger partial charge on any atom is -0.362 e. The van der Waals surface area contributed by atoms with Gasteiger partial charge in [-0.1, -0.05) is 0 Å². The van der Waals surface area contributed by atoms with Crippen molar-refractivity contribution in [3.8, 4) is 0 Å². The zero-order valence-electron chi connectivity index (χ0n) is 6.91. The number of rotatable bonds is 4. The van der Waals surface area contributed by atoms with E-state index in [-0.39, 0.29) is 13.2 Å². The Balaban J connectivity index is 0. The first-order valence-corrected chi connectivity index (χ1v) is 3.06. The Bertz CT molecular complexity index is 147. The lowest BCUT2D eigenvalue weighted by atomic mass is 10.6. The van der Waals surface area contributed by atoms with Crippen LogP contribution in [0.25, 0.3) is 0 Å². The molecule has 0 rings (SSSR count). The molecular formula is C5H12N4O4. The van der Waals surface area contributed by atoms with Gasteiger partial charge in [0.05, 0.1) is 0 Å². The van der Waals surface area contributed by atoms with Gasteiger partial charge in [-0.25, -0.2) is 11.7 Å². The first-order chi connectivity index (χ1) is 6.20. The lowest BCUT2D eigenvalue weighted by molar-refractivity contribution is -0.131. The van der Waals surface area contributed by atoms with Crippen LogP contribution >= 0.6 is 0 Å². The predicted octanol–water partition coefficient (Wildman–Crippen LogP) is -3.20. The number of carbonyl (C=O) groups excluding carboxylic acids is 3.